The molecule has 2 heteroatoms. The quantitative estimate of drug-likeness (QED) is 0.534. The number of hydrogen-bond acceptors (Lipinski definition) is 2. The molecular weight excluding hydrogens is 152 g/mol. The van der Waals surface area contributed by atoms with Gasteiger partial charge in [-0.3, -0.25) is 0 Å². The van der Waals surface area contributed by atoms with Crippen LogP contribution in [0.1, 0.15) is 32.1 Å². The van der Waals surface area contributed by atoms with Crippen molar-refractivity contribution in [2.75, 3.05) is 0 Å². The number of aliphatic hydroxyl groups excluding tert-OH is 1. The molecule has 0 saturated heterocycles. The first kappa shape index (κ1) is 8.27. The van der Waals surface area contributed by atoms with E-state index in [1.165, 1.54) is 0 Å². The molecule has 1 unspecified atom stereocenters. The molecule has 2 rings (SSSR count). The standard InChI is InChI=1S/C10H16O2/c11-9-5-3-7-10(12)6-2-1-4-8(9)10/h3,5,8-9,11-12H,1-2,4,6-7H2/t8-,9?,10+/m1/s1. The summed E-state index contributed by atoms with van der Waals surface area (Å²) in [5, 5.41) is 19.8. The van der Waals surface area contributed by atoms with Crippen molar-refractivity contribution in [2.24, 2.45) is 5.92 Å². The normalized spacial score (nSPS) is 47.2. The fourth-order valence-corrected chi connectivity index (χ4v) is 2.54. The van der Waals surface area contributed by atoms with E-state index in [0.29, 0.717) is 0 Å². The summed E-state index contributed by atoms with van der Waals surface area (Å²) in [5.41, 5.74) is -0.591. The van der Waals surface area contributed by atoms with Crippen molar-refractivity contribution in [1.82, 2.24) is 0 Å². The third-order valence-corrected chi connectivity index (χ3v) is 3.28. The minimum Gasteiger partial charge on any atom is -0.389 e. The number of aliphatic hydroxyl groups is 2. The van der Waals surface area contributed by atoms with Crippen molar-refractivity contribution in [3.05, 3.63) is 12.2 Å². The second-order valence-electron chi connectivity index (χ2n) is 4.08. The van der Waals surface area contributed by atoms with E-state index in [2.05, 4.69) is 0 Å². The first-order valence-corrected chi connectivity index (χ1v) is 4.79. The summed E-state index contributed by atoms with van der Waals surface area (Å²) < 4.78 is 0. The Morgan fingerprint density at radius 3 is 2.92 bits per heavy atom. The smallest absolute Gasteiger partial charge is 0.0776 e. The molecule has 1 saturated carbocycles. The topological polar surface area (TPSA) is 40.5 Å². The maximum absolute atomic E-state index is 10.2. The number of hydrogen-bond donors (Lipinski definition) is 2. The van der Waals surface area contributed by atoms with Gasteiger partial charge in [0.2, 0.25) is 0 Å². The molecule has 0 aromatic heterocycles. The van der Waals surface area contributed by atoms with E-state index in [0.717, 1.165) is 32.1 Å². The SMILES string of the molecule is OC1C=CC[C@@]2(O)CCCC[C@H]12. The average Bonchev–Trinajstić information content (AvgIpc) is 2.04. The monoisotopic (exact) mass is 168 g/mol. The van der Waals surface area contributed by atoms with Gasteiger partial charge in [0, 0.05) is 5.92 Å². The number of fused-ring (bicyclic) bond motifs is 1. The summed E-state index contributed by atoms with van der Waals surface area (Å²) >= 11 is 0. The predicted octanol–water partition coefficient (Wildman–Crippen LogP) is 1.23. The summed E-state index contributed by atoms with van der Waals surface area (Å²) in [7, 11) is 0. The van der Waals surface area contributed by atoms with Crippen LogP contribution in [0.25, 0.3) is 0 Å². The van der Waals surface area contributed by atoms with Crippen LogP contribution in [0.5, 0.6) is 0 Å². The van der Waals surface area contributed by atoms with Crippen molar-refractivity contribution in [3.63, 3.8) is 0 Å². The van der Waals surface area contributed by atoms with E-state index in [-0.39, 0.29) is 5.92 Å². The molecule has 0 aliphatic heterocycles. The molecule has 0 aromatic carbocycles. The summed E-state index contributed by atoms with van der Waals surface area (Å²) in [5.74, 6) is 0.0937. The van der Waals surface area contributed by atoms with Crippen molar-refractivity contribution >= 4 is 0 Å². The van der Waals surface area contributed by atoms with Gasteiger partial charge in [0.15, 0.2) is 0 Å². The Hall–Kier alpha value is -0.340. The maximum Gasteiger partial charge on any atom is 0.0776 e. The van der Waals surface area contributed by atoms with Crippen molar-refractivity contribution in [1.29, 1.82) is 0 Å². The molecule has 2 aliphatic rings. The predicted molar refractivity (Wildman–Crippen MR) is 46.7 cm³/mol. The Bertz CT molecular complexity index is 200. The molecule has 0 spiro atoms. The van der Waals surface area contributed by atoms with Gasteiger partial charge in [-0.15, -0.1) is 0 Å². The van der Waals surface area contributed by atoms with Crippen molar-refractivity contribution in [3.8, 4) is 0 Å². The fraction of sp³-hybridized carbons (Fsp3) is 0.800. The largest absolute Gasteiger partial charge is 0.389 e. The molecule has 3 atom stereocenters. The maximum atomic E-state index is 10.2. The van der Waals surface area contributed by atoms with Crippen molar-refractivity contribution < 1.29 is 10.2 Å². The first-order valence-electron chi connectivity index (χ1n) is 4.79. The zero-order valence-corrected chi connectivity index (χ0v) is 7.24. The zero-order chi connectivity index (χ0) is 8.60. The van der Waals surface area contributed by atoms with Crippen LogP contribution >= 0.6 is 0 Å². The first-order chi connectivity index (χ1) is 5.72. The van der Waals surface area contributed by atoms with E-state index < -0.39 is 11.7 Å². The highest BCUT2D eigenvalue weighted by Gasteiger charge is 2.42. The third-order valence-electron chi connectivity index (χ3n) is 3.28. The van der Waals surface area contributed by atoms with E-state index in [1.807, 2.05) is 12.2 Å². The van der Waals surface area contributed by atoms with Gasteiger partial charge in [-0.2, -0.15) is 0 Å². The second kappa shape index (κ2) is 2.86. The van der Waals surface area contributed by atoms with Crippen LogP contribution in [0, 0.1) is 5.92 Å². The van der Waals surface area contributed by atoms with Gasteiger partial charge in [0.1, 0.15) is 0 Å². The lowest BCUT2D eigenvalue weighted by molar-refractivity contribution is -0.0883. The minimum atomic E-state index is -0.591. The fourth-order valence-electron chi connectivity index (χ4n) is 2.54. The Balaban J connectivity index is 2.21. The molecule has 2 nitrogen and oxygen atoms in total. The van der Waals surface area contributed by atoms with E-state index in [9.17, 15) is 10.2 Å². The molecule has 0 bridgehead atoms. The lowest BCUT2D eigenvalue weighted by Crippen LogP contribution is -2.47. The highest BCUT2D eigenvalue weighted by atomic mass is 16.3. The molecule has 1 fully saturated rings. The van der Waals surface area contributed by atoms with Crippen LogP contribution in [-0.2, 0) is 0 Å². The van der Waals surface area contributed by atoms with E-state index in [1.54, 1.807) is 0 Å². The van der Waals surface area contributed by atoms with Gasteiger partial charge >= 0.3 is 0 Å². The lowest BCUT2D eigenvalue weighted by Gasteiger charge is -2.43. The Kier molecular flexibility index (Phi) is 1.97. The van der Waals surface area contributed by atoms with Gasteiger partial charge in [0.25, 0.3) is 0 Å². The van der Waals surface area contributed by atoms with Crippen LogP contribution in [0.3, 0.4) is 0 Å². The highest BCUT2D eigenvalue weighted by molar-refractivity contribution is 5.09. The molecule has 0 heterocycles. The molecular formula is C10H16O2. The van der Waals surface area contributed by atoms with E-state index in [4.69, 9.17) is 0 Å². The van der Waals surface area contributed by atoms with Gasteiger partial charge in [0.05, 0.1) is 11.7 Å². The average molecular weight is 168 g/mol. The summed E-state index contributed by atoms with van der Waals surface area (Å²) in [6.45, 7) is 0. The van der Waals surface area contributed by atoms with Gasteiger partial charge in [-0.05, 0) is 19.3 Å². The summed E-state index contributed by atoms with van der Waals surface area (Å²) in [6.07, 6.45) is 8.14. The second-order valence-corrected chi connectivity index (χ2v) is 4.08. The molecule has 0 radical (unpaired) electrons. The molecule has 12 heavy (non-hydrogen) atoms. The Labute approximate surface area is 72.9 Å². The minimum absolute atomic E-state index is 0.0937. The molecule has 0 aromatic rings. The third kappa shape index (κ3) is 1.19. The molecule has 2 aliphatic carbocycles. The molecule has 0 amide bonds. The van der Waals surface area contributed by atoms with Crippen LogP contribution in [0.4, 0.5) is 0 Å². The highest BCUT2D eigenvalue weighted by Crippen LogP contribution is 2.41. The van der Waals surface area contributed by atoms with Crippen LogP contribution < -0.4 is 0 Å². The van der Waals surface area contributed by atoms with E-state index >= 15 is 0 Å². The molecule has 2 N–H and O–H groups in total. The summed E-state index contributed by atoms with van der Waals surface area (Å²) in [4.78, 5) is 0. The molecule has 68 valence electrons. The van der Waals surface area contributed by atoms with Gasteiger partial charge < -0.3 is 10.2 Å². The Morgan fingerprint density at radius 1 is 1.33 bits per heavy atom. The summed E-state index contributed by atoms with van der Waals surface area (Å²) in [6, 6.07) is 0. The van der Waals surface area contributed by atoms with Crippen LogP contribution in [0.15, 0.2) is 12.2 Å². The van der Waals surface area contributed by atoms with Gasteiger partial charge in [-0.1, -0.05) is 25.0 Å². The number of rotatable bonds is 0. The Morgan fingerprint density at radius 2 is 2.17 bits per heavy atom. The van der Waals surface area contributed by atoms with Crippen LogP contribution in [0.2, 0.25) is 0 Å². The van der Waals surface area contributed by atoms with Crippen molar-refractivity contribution in [2.45, 2.75) is 43.8 Å². The van der Waals surface area contributed by atoms with Gasteiger partial charge in [-0.25, -0.2) is 0 Å². The zero-order valence-electron chi connectivity index (χ0n) is 7.24. The van der Waals surface area contributed by atoms with Crippen LogP contribution in [-0.4, -0.2) is 21.9 Å². The lowest BCUT2D eigenvalue weighted by atomic mass is 9.68.